The first kappa shape index (κ1) is 15.8. The molecule has 0 bridgehead atoms. The maximum atomic E-state index is 6.24. The highest BCUT2D eigenvalue weighted by Crippen LogP contribution is 2.27. The number of nitrogens with zero attached hydrogens (tertiary/aromatic N) is 4. The molecule has 5 heteroatoms. The van der Waals surface area contributed by atoms with E-state index in [2.05, 4.69) is 71.4 Å². The van der Waals surface area contributed by atoms with Crippen LogP contribution in [0.25, 0.3) is 5.69 Å². The first-order valence-corrected chi connectivity index (χ1v) is 8.67. The van der Waals surface area contributed by atoms with Gasteiger partial charge in [-0.25, -0.2) is 0 Å². The SMILES string of the molecule is Cc1cc(C)cc(-n2ncc(CN3CC(N)Cc4ccccc43)n2)c1. The van der Waals surface area contributed by atoms with Crippen LogP contribution in [0.3, 0.4) is 0 Å². The molecule has 128 valence electrons. The first-order chi connectivity index (χ1) is 12.1. The number of hydrogen-bond donors (Lipinski definition) is 1. The normalized spacial score (nSPS) is 16.8. The van der Waals surface area contributed by atoms with Crippen molar-refractivity contribution in [1.82, 2.24) is 15.0 Å². The van der Waals surface area contributed by atoms with E-state index in [9.17, 15) is 0 Å². The smallest absolute Gasteiger partial charge is 0.102 e. The van der Waals surface area contributed by atoms with E-state index < -0.39 is 0 Å². The van der Waals surface area contributed by atoms with Crippen molar-refractivity contribution in [3.8, 4) is 5.69 Å². The highest BCUT2D eigenvalue weighted by atomic mass is 15.5. The lowest BCUT2D eigenvalue weighted by Gasteiger charge is -2.34. The molecule has 2 N–H and O–H groups in total. The van der Waals surface area contributed by atoms with E-state index in [0.717, 1.165) is 30.9 Å². The lowest BCUT2D eigenvalue weighted by Crippen LogP contribution is -2.42. The van der Waals surface area contributed by atoms with Crippen molar-refractivity contribution < 1.29 is 0 Å². The topological polar surface area (TPSA) is 60.0 Å². The summed E-state index contributed by atoms with van der Waals surface area (Å²) in [5.41, 5.74) is 13.2. The van der Waals surface area contributed by atoms with E-state index in [-0.39, 0.29) is 6.04 Å². The van der Waals surface area contributed by atoms with Crippen LogP contribution in [0.5, 0.6) is 0 Å². The molecule has 1 atom stereocenters. The van der Waals surface area contributed by atoms with Gasteiger partial charge in [0.2, 0.25) is 0 Å². The second kappa shape index (κ2) is 6.33. The van der Waals surface area contributed by atoms with Gasteiger partial charge in [-0.3, -0.25) is 0 Å². The minimum absolute atomic E-state index is 0.157. The fourth-order valence-electron chi connectivity index (χ4n) is 3.62. The van der Waals surface area contributed by atoms with Crippen LogP contribution < -0.4 is 10.6 Å². The Hall–Kier alpha value is -2.66. The molecule has 3 aromatic rings. The van der Waals surface area contributed by atoms with Crippen molar-refractivity contribution in [3.05, 3.63) is 71.0 Å². The van der Waals surface area contributed by atoms with Crippen LogP contribution in [0.4, 0.5) is 5.69 Å². The molecule has 0 spiro atoms. The first-order valence-electron chi connectivity index (χ1n) is 8.67. The third-order valence-corrected chi connectivity index (χ3v) is 4.60. The predicted octanol–water partition coefficient (Wildman–Crippen LogP) is 2.77. The summed E-state index contributed by atoms with van der Waals surface area (Å²) in [6.45, 7) is 5.74. The number of aromatic nitrogens is 3. The van der Waals surface area contributed by atoms with Gasteiger partial charge in [-0.15, -0.1) is 0 Å². The van der Waals surface area contributed by atoms with Gasteiger partial charge in [0, 0.05) is 18.3 Å². The van der Waals surface area contributed by atoms with Crippen molar-refractivity contribution in [2.45, 2.75) is 32.9 Å². The Morgan fingerprint density at radius 3 is 2.68 bits per heavy atom. The number of nitrogens with two attached hydrogens (primary N) is 1. The molecule has 1 aliphatic rings. The predicted molar refractivity (Wildman–Crippen MR) is 100 cm³/mol. The monoisotopic (exact) mass is 333 g/mol. The van der Waals surface area contributed by atoms with E-state index >= 15 is 0 Å². The van der Waals surface area contributed by atoms with Crippen molar-refractivity contribution in [1.29, 1.82) is 0 Å². The van der Waals surface area contributed by atoms with Gasteiger partial charge in [0.15, 0.2) is 0 Å². The van der Waals surface area contributed by atoms with Crippen LogP contribution in [0.1, 0.15) is 22.4 Å². The van der Waals surface area contributed by atoms with Crippen molar-refractivity contribution >= 4 is 5.69 Å². The van der Waals surface area contributed by atoms with E-state index in [0.29, 0.717) is 0 Å². The Labute approximate surface area is 148 Å². The van der Waals surface area contributed by atoms with Crippen molar-refractivity contribution in [2.24, 2.45) is 5.73 Å². The molecule has 1 aliphatic heterocycles. The van der Waals surface area contributed by atoms with E-state index in [1.165, 1.54) is 22.4 Å². The van der Waals surface area contributed by atoms with E-state index in [1.807, 2.05) is 6.20 Å². The maximum Gasteiger partial charge on any atom is 0.102 e. The van der Waals surface area contributed by atoms with Crippen LogP contribution in [0.2, 0.25) is 0 Å². The highest BCUT2D eigenvalue weighted by Gasteiger charge is 2.22. The van der Waals surface area contributed by atoms with Crippen molar-refractivity contribution in [2.75, 3.05) is 11.4 Å². The van der Waals surface area contributed by atoms with Gasteiger partial charge in [-0.05, 0) is 55.2 Å². The molecule has 0 saturated carbocycles. The summed E-state index contributed by atoms with van der Waals surface area (Å²) in [6.07, 6.45) is 2.78. The largest absolute Gasteiger partial charge is 0.364 e. The van der Waals surface area contributed by atoms with Crippen LogP contribution in [0, 0.1) is 13.8 Å². The third kappa shape index (κ3) is 3.28. The molecule has 4 rings (SSSR count). The molecule has 0 aliphatic carbocycles. The van der Waals surface area contributed by atoms with Gasteiger partial charge in [0.05, 0.1) is 18.4 Å². The van der Waals surface area contributed by atoms with Gasteiger partial charge in [0.1, 0.15) is 5.69 Å². The summed E-state index contributed by atoms with van der Waals surface area (Å²) in [4.78, 5) is 4.02. The summed E-state index contributed by atoms with van der Waals surface area (Å²) in [5.74, 6) is 0. The van der Waals surface area contributed by atoms with Crippen LogP contribution >= 0.6 is 0 Å². The number of benzene rings is 2. The second-order valence-electron chi connectivity index (χ2n) is 6.94. The minimum Gasteiger partial charge on any atom is -0.364 e. The summed E-state index contributed by atoms with van der Waals surface area (Å²) in [6, 6.07) is 15.0. The molecular formula is C20H23N5. The molecular weight excluding hydrogens is 310 g/mol. The van der Waals surface area contributed by atoms with Crippen LogP contribution in [-0.4, -0.2) is 27.6 Å². The number of fused-ring (bicyclic) bond motifs is 1. The fourth-order valence-corrected chi connectivity index (χ4v) is 3.62. The molecule has 5 nitrogen and oxygen atoms in total. The summed E-state index contributed by atoms with van der Waals surface area (Å²) < 4.78 is 0. The number of para-hydroxylation sites is 1. The lowest BCUT2D eigenvalue weighted by atomic mass is 9.98. The maximum absolute atomic E-state index is 6.24. The Bertz CT molecular complexity index is 878. The summed E-state index contributed by atoms with van der Waals surface area (Å²) >= 11 is 0. The fraction of sp³-hybridized carbons (Fsp3) is 0.300. The van der Waals surface area contributed by atoms with Crippen molar-refractivity contribution in [3.63, 3.8) is 0 Å². The van der Waals surface area contributed by atoms with E-state index in [4.69, 9.17) is 5.73 Å². The quantitative estimate of drug-likeness (QED) is 0.801. The molecule has 0 fully saturated rings. The Morgan fingerprint density at radius 2 is 1.88 bits per heavy atom. The molecule has 25 heavy (non-hydrogen) atoms. The van der Waals surface area contributed by atoms with Gasteiger partial charge in [0.25, 0.3) is 0 Å². The second-order valence-corrected chi connectivity index (χ2v) is 6.94. The van der Waals surface area contributed by atoms with Crippen LogP contribution in [-0.2, 0) is 13.0 Å². The average Bonchev–Trinajstić information content (AvgIpc) is 3.02. The summed E-state index contributed by atoms with van der Waals surface area (Å²) in [5, 5.41) is 9.13. The molecule has 1 aromatic heterocycles. The molecule has 0 radical (unpaired) electrons. The molecule has 0 saturated heterocycles. The van der Waals surface area contributed by atoms with Crippen LogP contribution in [0.15, 0.2) is 48.7 Å². The summed E-state index contributed by atoms with van der Waals surface area (Å²) in [7, 11) is 0. The molecule has 0 amide bonds. The number of aryl methyl sites for hydroxylation is 2. The van der Waals surface area contributed by atoms with Gasteiger partial charge < -0.3 is 10.6 Å². The molecule has 2 heterocycles. The Balaban J connectivity index is 1.59. The van der Waals surface area contributed by atoms with E-state index in [1.54, 1.807) is 4.80 Å². The highest BCUT2D eigenvalue weighted by molar-refractivity contribution is 5.56. The molecule has 1 unspecified atom stereocenters. The zero-order valence-corrected chi connectivity index (χ0v) is 14.7. The molecule has 2 aromatic carbocycles. The minimum atomic E-state index is 0.157. The third-order valence-electron chi connectivity index (χ3n) is 4.60. The standard InChI is InChI=1S/C20H23N5/c1-14-7-15(2)9-19(8-14)25-22-11-18(23-25)13-24-12-17(21)10-16-5-3-4-6-20(16)24/h3-9,11,17H,10,12-13,21H2,1-2H3. The number of rotatable bonds is 3. The zero-order valence-electron chi connectivity index (χ0n) is 14.7. The zero-order chi connectivity index (χ0) is 17.4. The Kier molecular flexibility index (Phi) is 4.01. The van der Waals surface area contributed by atoms with Gasteiger partial charge in [-0.1, -0.05) is 24.3 Å². The lowest BCUT2D eigenvalue weighted by molar-refractivity contribution is 0.593. The Morgan fingerprint density at radius 1 is 1.12 bits per heavy atom. The average molecular weight is 333 g/mol. The van der Waals surface area contributed by atoms with Gasteiger partial charge in [-0.2, -0.15) is 15.0 Å². The number of hydrogen-bond acceptors (Lipinski definition) is 4. The number of anilines is 1. The van der Waals surface area contributed by atoms with Gasteiger partial charge >= 0.3 is 0 Å².